The van der Waals surface area contributed by atoms with Crippen molar-refractivity contribution in [1.29, 1.82) is 0 Å². The second-order valence-corrected chi connectivity index (χ2v) is 7.74. The van der Waals surface area contributed by atoms with E-state index in [0.29, 0.717) is 0 Å². The number of benzene rings is 1. The summed E-state index contributed by atoms with van der Waals surface area (Å²) in [6.45, 7) is 0. The predicted octanol–water partition coefficient (Wildman–Crippen LogP) is 4.54. The molecule has 1 atom stereocenters. The van der Waals surface area contributed by atoms with Gasteiger partial charge >= 0.3 is 0 Å². The van der Waals surface area contributed by atoms with Crippen molar-refractivity contribution in [2.24, 2.45) is 23.2 Å². The highest BCUT2D eigenvalue weighted by atomic mass is 14.6. The summed E-state index contributed by atoms with van der Waals surface area (Å²) in [5.41, 5.74) is 4.11. The van der Waals surface area contributed by atoms with Gasteiger partial charge in [-0.15, -0.1) is 0 Å². The molecule has 94 valence electrons. The summed E-state index contributed by atoms with van der Waals surface area (Å²) in [6.07, 6.45) is 10.8. The fourth-order valence-corrected chi connectivity index (χ4v) is 6.41. The Morgan fingerprint density at radius 3 is 2.06 bits per heavy atom. The van der Waals surface area contributed by atoms with E-state index < -0.39 is 0 Å². The molecule has 0 saturated heterocycles. The number of fused-ring (bicyclic) bond motifs is 1. The van der Waals surface area contributed by atoms with Crippen molar-refractivity contribution >= 4 is 0 Å². The van der Waals surface area contributed by atoms with E-state index in [-0.39, 0.29) is 0 Å². The summed E-state index contributed by atoms with van der Waals surface area (Å²) < 4.78 is 0. The summed E-state index contributed by atoms with van der Waals surface area (Å²) in [7, 11) is 0. The van der Waals surface area contributed by atoms with E-state index in [2.05, 4.69) is 24.3 Å². The molecule has 6 rings (SSSR count). The lowest BCUT2D eigenvalue weighted by atomic mass is 9.43. The second kappa shape index (κ2) is 3.21. The molecule has 0 heteroatoms. The molecule has 0 N–H and O–H groups in total. The molecule has 4 bridgehead atoms. The van der Waals surface area contributed by atoms with Crippen LogP contribution < -0.4 is 0 Å². The Kier molecular flexibility index (Phi) is 1.79. The van der Waals surface area contributed by atoms with Crippen molar-refractivity contribution < 1.29 is 0 Å². The quantitative estimate of drug-likeness (QED) is 0.673. The van der Waals surface area contributed by atoms with E-state index >= 15 is 0 Å². The number of rotatable bonds is 1. The third kappa shape index (κ3) is 1.17. The molecule has 1 aromatic carbocycles. The van der Waals surface area contributed by atoms with E-state index in [0.717, 1.165) is 29.1 Å². The van der Waals surface area contributed by atoms with Gasteiger partial charge in [-0.05, 0) is 85.2 Å². The molecule has 1 unspecified atom stereocenters. The Balaban J connectivity index is 1.54. The molecule has 5 aliphatic carbocycles. The zero-order chi connectivity index (χ0) is 11.7. The van der Waals surface area contributed by atoms with Gasteiger partial charge in [-0.2, -0.15) is 0 Å². The van der Waals surface area contributed by atoms with Gasteiger partial charge in [0.2, 0.25) is 0 Å². The average molecular weight is 238 g/mol. The fraction of sp³-hybridized carbons (Fsp3) is 0.667. The summed E-state index contributed by atoms with van der Waals surface area (Å²) in [5.74, 6) is 4.24. The van der Waals surface area contributed by atoms with Crippen molar-refractivity contribution in [3.05, 3.63) is 35.4 Å². The third-order valence-corrected chi connectivity index (χ3v) is 6.68. The average Bonchev–Trinajstić information content (AvgIpc) is 2.28. The molecule has 0 amide bonds. The lowest BCUT2D eigenvalue weighted by Gasteiger charge is -2.61. The van der Waals surface area contributed by atoms with Gasteiger partial charge in [-0.3, -0.25) is 0 Å². The van der Waals surface area contributed by atoms with E-state index in [9.17, 15) is 0 Å². The summed E-state index contributed by atoms with van der Waals surface area (Å²) >= 11 is 0. The monoisotopic (exact) mass is 238 g/mol. The molecule has 5 aliphatic rings. The van der Waals surface area contributed by atoms with E-state index in [1.807, 2.05) is 0 Å². The van der Waals surface area contributed by atoms with Crippen LogP contribution in [-0.4, -0.2) is 0 Å². The topological polar surface area (TPSA) is 0 Å². The minimum absolute atomic E-state index is 0.739. The highest BCUT2D eigenvalue weighted by Gasteiger charge is 2.56. The normalized spacial score (nSPS) is 47.8. The molecule has 0 spiro atoms. The zero-order valence-electron chi connectivity index (χ0n) is 11.1. The first kappa shape index (κ1) is 10.1. The Morgan fingerprint density at radius 2 is 1.44 bits per heavy atom. The van der Waals surface area contributed by atoms with E-state index in [4.69, 9.17) is 0 Å². The van der Waals surface area contributed by atoms with Gasteiger partial charge in [-0.1, -0.05) is 24.3 Å². The molecular formula is C18H22. The van der Waals surface area contributed by atoms with Crippen molar-refractivity contribution in [1.82, 2.24) is 0 Å². The summed E-state index contributed by atoms with van der Waals surface area (Å²) in [4.78, 5) is 0. The SMILES string of the molecule is c1ccc2c(c1)CC2C12CC3CC(CC(C3)C1)C2. The number of hydrogen-bond acceptors (Lipinski definition) is 0. The van der Waals surface area contributed by atoms with Crippen LogP contribution in [0.2, 0.25) is 0 Å². The van der Waals surface area contributed by atoms with Gasteiger partial charge in [0.1, 0.15) is 0 Å². The predicted molar refractivity (Wildman–Crippen MR) is 73.5 cm³/mol. The standard InChI is InChI=1S/C18H22/c1-2-4-16-15(3-1)8-17(16)18-9-12-5-13(10-18)7-14(6-12)11-18/h1-4,12-14,17H,5-11H2. The van der Waals surface area contributed by atoms with Gasteiger partial charge in [0, 0.05) is 0 Å². The highest BCUT2D eigenvalue weighted by molar-refractivity contribution is 5.42. The van der Waals surface area contributed by atoms with Crippen LogP contribution in [0.3, 0.4) is 0 Å². The van der Waals surface area contributed by atoms with Crippen LogP contribution in [-0.2, 0) is 6.42 Å². The molecule has 0 aromatic heterocycles. The largest absolute Gasteiger partial charge is 0.0620 e. The van der Waals surface area contributed by atoms with Crippen LogP contribution >= 0.6 is 0 Å². The van der Waals surface area contributed by atoms with E-state index in [1.165, 1.54) is 6.42 Å². The van der Waals surface area contributed by atoms with Crippen LogP contribution in [0.25, 0.3) is 0 Å². The van der Waals surface area contributed by atoms with Crippen molar-refractivity contribution in [3.63, 3.8) is 0 Å². The van der Waals surface area contributed by atoms with E-state index in [1.54, 1.807) is 49.7 Å². The van der Waals surface area contributed by atoms with Crippen LogP contribution in [0.4, 0.5) is 0 Å². The third-order valence-electron chi connectivity index (χ3n) is 6.68. The maximum absolute atomic E-state index is 2.42. The Bertz CT molecular complexity index is 463. The van der Waals surface area contributed by atoms with Gasteiger partial charge in [-0.25, -0.2) is 0 Å². The summed E-state index contributed by atoms with van der Waals surface area (Å²) in [5, 5.41) is 0. The smallest absolute Gasteiger partial charge is 0.00617 e. The Morgan fingerprint density at radius 1 is 0.833 bits per heavy atom. The molecule has 1 aromatic rings. The molecule has 0 heterocycles. The minimum Gasteiger partial charge on any atom is -0.0620 e. The summed E-state index contributed by atoms with van der Waals surface area (Å²) in [6, 6.07) is 9.24. The first-order valence-electron chi connectivity index (χ1n) is 7.90. The lowest BCUT2D eigenvalue weighted by molar-refractivity contribution is -0.0727. The zero-order valence-corrected chi connectivity index (χ0v) is 11.1. The number of hydrogen-bond donors (Lipinski definition) is 0. The molecule has 0 radical (unpaired) electrons. The van der Waals surface area contributed by atoms with Gasteiger partial charge in [0.05, 0.1) is 0 Å². The first-order valence-corrected chi connectivity index (χ1v) is 7.90. The lowest BCUT2D eigenvalue weighted by Crippen LogP contribution is -2.51. The Hall–Kier alpha value is -0.780. The van der Waals surface area contributed by atoms with Gasteiger partial charge < -0.3 is 0 Å². The van der Waals surface area contributed by atoms with Crippen molar-refractivity contribution in [2.45, 2.75) is 50.9 Å². The maximum atomic E-state index is 2.42. The van der Waals surface area contributed by atoms with Crippen LogP contribution in [0.15, 0.2) is 24.3 Å². The van der Waals surface area contributed by atoms with Crippen molar-refractivity contribution in [3.8, 4) is 0 Å². The van der Waals surface area contributed by atoms with Crippen LogP contribution in [0.1, 0.15) is 55.6 Å². The molecule has 0 aliphatic heterocycles. The fourth-order valence-electron chi connectivity index (χ4n) is 6.41. The Labute approximate surface area is 110 Å². The first-order chi connectivity index (χ1) is 8.82. The highest BCUT2D eigenvalue weighted by Crippen LogP contribution is 2.67. The van der Waals surface area contributed by atoms with Gasteiger partial charge in [0.15, 0.2) is 0 Å². The molecular weight excluding hydrogens is 216 g/mol. The second-order valence-electron chi connectivity index (χ2n) is 7.74. The maximum Gasteiger partial charge on any atom is -0.00617 e. The molecule has 18 heavy (non-hydrogen) atoms. The van der Waals surface area contributed by atoms with Crippen molar-refractivity contribution in [2.75, 3.05) is 0 Å². The van der Waals surface area contributed by atoms with Gasteiger partial charge in [0.25, 0.3) is 0 Å². The molecule has 4 saturated carbocycles. The van der Waals surface area contributed by atoms with Crippen LogP contribution in [0, 0.1) is 23.2 Å². The minimum atomic E-state index is 0.739. The van der Waals surface area contributed by atoms with Crippen LogP contribution in [0.5, 0.6) is 0 Å². The molecule has 4 fully saturated rings. The molecule has 0 nitrogen and oxygen atoms in total.